The molecule has 0 amide bonds. The average Bonchev–Trinajstić information content (AvgIpc) is 2.94. The van der Waals surface area contributed by atoms with Gasteiger partial charge in [0.05, 0.1) is 44.0 Å². The van der Waals surface area contributed by atoms with Gasteiger partial charge in [-0.2, -0.15) is 0 Å². The molecule has 1 rings (SSSR count). The van der Waals surface area contributed by atoms with E-state index < -0.39 is 34.0 Å². The van der Waals surface area contributed by atoms with E-state index in [0.29, 0.717) is 12.8 Å². The van der Waals surface area contributed by atoms with Crippen LogP contribution in [-0.4, -0.2) is 62.5 Å². The van der Waals surface area contributed by atoms with Gasteiger partial charge in [-0.25, -0.2) is 0 Å². The molecule has 2 N–H and O–H groups in total. The van der Waals surface area contributed by atoms with Gasteiger partial charge in [-0.1, -0.05) is 59.1 Å². The maximum Gasteiger partial charge on any atom is 0.192 e. The van der Waals surface area contributed by atoms with Crippen LogP contribution in [-0.2, 0) is 9.16 Å². The maximum atomic E-state index is 10.7. The summed E-state index contributed by atoms with van der Waals surface area (Å²) in [4.78, 5) is 0. The topological polar surface area (TPSA) is 58.9 Å². The molecular weight excluding hydrogens is 420 g/mol. The Labute approximate surface area is 186 Å². The smallest absolute Gasteiger partial charge is 0.192 e. The Morgan fingerprint density at radius 3 is 2.24 bits per heavy atom. The van der Waals surface area contributed by atoms with E-state index in [-0.39, 0.29) is 29.8 Å². The third-order valence-corrected chi connectivity index (χ3v) is 12.4. The van der Waals surface area contributed by atoms with Gasteiger partial charge < -0.3 is 19.4 Å². The fourth-order valence-electron chi connectivity index (χ4n) is 3.29. The molecule has 172 valence electrons. The van der Waals surface area contributed by atoms with Crippen LogP contribution in [0.5, 0.6) is 0 Å². The Bertz CT molecular complexity index is 528. The highest BCUT2D eigenvalue weighted by Crippen LogP contribution is 2.40. The predicted molar refractivity (Wildman–Crippen MR) is 129 cm³/mol. The monoisotopic (exact) mass is 464 g/mol. The van der Waals surface area contributed by atoms with Gasteiger partial charge in [0.15, 0.2) is 8.32 Å². The van der Waals surface area contributed by atoms with E-state index in [2.05, 4.69) is 72.2 Å². The second kappa shape index (κ2) is 10.7. The number of allylic oxidation sites excluding steroid dienone is 1. The van der Waals surface area contributed by atoms with Crippen LogP contribution >= 0.6 is 11.6 Å². The summed E-state index contributed by atoms with van der Waals surface area (Å²) in [5.41, 5.74) is 2.24. The maximum absolute atomic E-state index is 10.7. The highest BCUT2D eigenvalue weighted by atomic mass is 35.5. The molecule has 0 saturated carbocycles. The van der Waals surface area contributed by atoms with Crippen molar-refractivity contribution in [1.29, 1.82) is 0 Å². The van der Waals surface area contributed by atoms with E-state index >= 15 is 0 Å². The SMILES string of the molecule is CC[C@H]1O[C@@H]([C@@H](O)C[C@H](O)[C@H](Cl)C/C=C\[Si](C)(C)C)C[C@H]1O[Si](C)(C)C(C)(C)C. The van der Waals surface area contributed by atoms with Gasteiger partial charge in [-0.05, 0) is 31.0 Å². The molecule has 1 heterocycles. The summed E-state index contributed by atoms with van der Waals surface area (Å²) in [6.07, 6.45) is 2.61. The number of aliphatic hydroxyl groups excluding tert-OH is 2. The first-order valence-corrected chi connectivity index (χ1v) is 18.0. The standard InChI is InChI=1S/C22H45ClO4Si2/c1-10-19-21(27-29(8,9)22(2,3)4)15-20(26-19)18(25)14-17(24)16(23)12-11-13-28(5,6)7/h11,13,16-21,24-25H,10,12,14-15H2,1-9H3/b13-11-/t16-,17+,18+,19-,20-,21-/m1/s1. The Hall–Kier alpha value is 0.304. The molecule has 0 aromatic rings. The molecule has 1 aliphatic rings. The minimum absolute atomic E-state index is 0.00385. The summed E-state index contributed by atoms with van der Waals surface area (Å²) in [7, 11) is -3.18. The van der Waals surface area contributed by atoms with Crippen LogP contribution < -0.4 is 0 Å². The first-order valence-electron chi connectivity index (χ1n) is 11.1. The number of alkyl halides is 1. The van der Waals surface area contributed by atoms with Crippen LogP contribution in [0.25, 0.3) is 0 Å². The molecule has 0 aliphatic carbocycles. The fraction of sp³-hybridized carbons (Fsp3) is 0.909. The van der Waals surface area contributed by atoms with Crippen molar-refractivity contribution >= 4 is 28.0 Å². The molecule has 1 fully saturated rings. The molecule has 0 unspecified atom stereocenters. The minimum atomic E-state index is -1.91. The van der Waals surface area contributed by atoms with Crippen molar-refractivity contribution in [3.05, 3.63) is 11.8 Å². The molecule has 1 aliphatic heterocycles. The van der Waals surface area contributed by atoms with Gasteiger partial charge in [0.25, 0.3) is 0 Å². The van der Waals surface area contributed by atoms with Crippen LogP contribution in [0.15, 0.2) is 11.8 Å². The second-order valence-electron chi connectivity index (χ2n) is 11.2. The lowest BCUT2D eigenvalue weighted by atomic mass is 10.00. The zero-order chi connectivity index (χ0) is 22.6. The van der Waals surface area contributed by atoms with E-state index in [9.17, 15) is 10.2 Å². The number of hydrogen-bond donors (Lipinski definition) is 2. The van der Waals surface area contributed by atoms with Crippen molar-refractivity contribution in [2.24, 2.45) is 0 Å². The first kappa shape index (κ1) is 27.3. The highest BCUT2D eigenvalue weighted by molar-refractivity contribution is 6.80. The van der Waals surface area contributed by atoms with Crippen LogP contribution in [0.3, 0.4) is 0 Å². The molecule has 6 atom stereocenters. The normalized spacial score (nSPS) is 27.4. The van der Waals surface area contributed by atoms with Gasteiger partial charge in [0.2, 0.25) is 0 Å². The molecule has 0 bridgehead atoms. The predicted octanol–water partition coefficient (Wildman–Crippen LogP) is 5.49. The van der Waals surface area contributed by atoms with Crippen molar-refractivity contribution in [3.8, 4) is 0 Å². The minimum Gasteiger partial charge on any atom is -0.411 e. The van der Waals surface area contributed by atoms with Crippen LogP contribution in [0.4, 0.5) is 0 Å². The van der Waals surface area contributed by atoms with E-state index in [1.165, 1.54) is 0 Å². The Kier molecular flexibility index (Phi) is 10.1. The molecule has 0 aromatic carbocycles. The molecule has 29 heavy (non-hydrogen) atoms. The molecule has 1 saturated heterocycles. The van der Waals surface area contributed by atoms with Gasteiger partial charge in [-0.3, -0.25) is 0 Å². The molecule has 0 spiro atoms. The lowest BCUT2D eigenvalue weighted by Gasteiger charge is -2.39. The third kappa shape index (κ3) is 8.75. The van der Waals surface area contributed by atoms with Crippen molar-refractivity contribution in [1.82, 2.24) is 0 Å². The molecule has 7 heteroatoms. The summed E-state index contributed by atoms with van der Waals surface area (Å²) in [5, 5.41) is 20.9. The highest BCUT2D eigenvalue weighted by Gasteiger charge is 2.45. The number of hydrogen-bond acceptors (Lipinski definition) is 4. The summed E-state index contributed by atoms with van der Waals surface area (Å²) in [6, 6.07) is 0. The average molecular weight is 465 g/mol. The Morgan fingerprint density at radius 1 is 1.17 bits per heavy atom. The van der Waals surface area contributed by atoms with Crippen molar-refractivity contribution in [3.63, 3.8) is 0 Å². The molecule has 0 radical (unpaired) electrons. The van der Waals surface area contributed by atoms with Crippen LogP contribution in [0, 0.1) is 0 Å². The van der Waals surface area contributed by atoms with E-state index in [4.69, 9.17) is 20.8 Å². The molecule has 4 nitrogen and oxygen atoms in total. The number of halogens is 1. The number of ether oxygens (including phenoxy) is 1. The number of rotatable bonds is 10. The first-order chi connectivity index (χ1) is 13.1. The van der Waals surface area contributed by atoms with Crippen molar-refractivity contribution in [2.75, 3.05) is 0 Å². The van der Waals surface area contributed by atoms with Gasteiger partial charge >= 0.3 is 0 Å². The van der Waals surface area contributed by atoms with Crippen LogP contribution in [0.2, 0.25) is 37.8 Å². The molecule has 0 aromatic heterocycles. The lowest BCUT2D eigenvalue weighted by molar-refractivity contribution is -0.0578. The van der Waals surface area contributed by atoms with E-state index in [0.717, 1.165) is 6.42 Å². The largest absolute Gasteiger partial charge is 0.411 e. The Morgan fingerprint density at radius 2 is 1.76 bits per heavy atom. The van der Waals surface area contributed by atoms with Crippen LogP contribution in [0.1, 0.15) is 53.4 Å². The van der Waals surface area contributed by atoms with E-state index in [1.807, 2.05) is 0 Å². The van der Waals surface area contributed by atoms with E-state index in [1.54, 1.807) is 0 Å². The molecular formula is C22H45ClO4Si2. The summed E-state index contributed by atoms with van der Waals surface area (Å²) < 4.78 is 12.7. The van der Waals surface area contributed by atoms with Crippen molar-refractivity contribution < 1.29 is 19.4 Å². The Balaban J connectivity index is 2.64. The lowest BCUT2D eigenvalue weighted by Crippen LogP contribution is -2.45. The quantitative estimate of drug-likeness (QED) is 0.331. The fourth-order valence-corrected chi connectivity index (χ4v) is 5.70. The summed E-state index contributed by atoms with van der Waals surface area (Å²) in [6.45, 7) is 20.1. The zero-order valence-corrected chi connectivity index (χ0v) is 22.8. The van der Waals surface area contributed by atoms with Crippen molar-refractivity contribution in [2.45, 2.75) is 127 Å². The second-order valence-corrected chi connectivity index (χ2v) is 21.5. The number of aliphatic hydroxyl groups is 2. The summed E-state index contributed by atoms with van der Waals surface area (Å²) >= 11 is 6.38. The third-order valence-electron chi connectivity index (χ3n) is 6.19. The zero-order valence-electron chi connectivity index (χ0n) is 20.0. The van der Waals surface area contributed by atoms with Gasteiger partial charge in [-0.15, -0.1) is 11.6 Å². The van der Waals surface area contributed by atoms with Gasteiger partial charge in [0, 0.05) is 12.8 Å². The summed E-state index contributed by atoms with van der Waals surface area (Å²) in [5.74, 6) is 0. The van der Waals surface area contributed by atoms with Gasteiger partial charge in [0.1, 0.15) is 0 Å².